The molecule has 3 amide bonds. The highest BCUT2D eigenvalue weighted by atomic mass is 32.2. The second-order valence-electron chi connectivity index (χ2n) is 11.8. The maximum Gasteiger partial charge on any atom is 0.435 e. The Hall–Kier alpha value is -3.48. The first-order chi connectivity index (χ1) is 21.5. The van der Waals surface area contributed by atoms with Crippen LogP contribution in [0.15, 0.2) is 47.4 Å². The van der Waals surface area contributed by atoms with E-state index >= 15 is 4.39 Å². The first-order valence-corrected chi connectivity index (χ1v) is 17.4. The Morgan fingerprint density at radius 1 is 0.915 bits per heavy atom. The van der Waals surface area contributed by atoms with E-state index in [0.717, 1.165) is 36.1 Å². The zero-order chi connectivity index (χ0) is 35.0. The summed E-state index contributed by atoms with van der Waals surface area (Å²) in [6.45, 7) is 0.820. The lowest BCUT2D eigenvalue weighted by molar-refractivity contribution is -0.348. The van der Waals surface area contributed by atoms with Crippen LogP contribution in [0.1, 0.15) is 36.5 Å². The van der Waals surface area contributed by atoms with Crippen LogP contribution in [0.2, 0.25) is 0 Å². The second kappa shape index (κ2) is 11.3. The van der Waals surface area contributed by atoms with Crippen LogP contribution in [0.3, 0.4) is 0 Å². The number of nitrogens with zero attached hydrogens (tertiary/aromatic N) is 1. The molecule has 5 rings (SSSR count). The minimum atomic E-state index is -6.42. The summed E-state index contributed by atoms with van der Waals surface area (Å²) in [5.41, 5.74) is -8.16. The van der Waals surface area contributed by atoms with Crippen LogP contribution >= 0.6 is 0 Å². The van der Waals surface area contributed by atoms with Crippen molar-refractivity contribution in [1.82, 2.24) is 15.5 Å². The number of sulfone groups is 2. The van der Waals surface area contributed by atoms with Gasteiger partial charge in [-0.15, -0.1) is 0 Å². The van der Waals surface area contributed by atoms with Crippen molar-refractivity contribution in [3.8, 4) is 0 Å². The smallest absolute Gasteiger partial charge is 0.350 e. The number of benzene rings is 2. The molecule has 0 aromatic heterocycles. The summed E-state index contributed by atoms with van der Waals surface area (Å²) in [4.78, 5) is 25.9. The fourth-order valence-electron chi connectivity index (χ4n) is 6.93. The van der Waals surface area contributed by atoms with E-state index in [9.17, 15) is 57.2 Å². The molecule has 2 aliphatic heterocycles. The van der Waals surface area contributed by atoms with Crippen molar-refractivity contribution in [3.63, 3.8) is 0 Å². The normalized spacial score (nSPS) is 26.0. The fraction of sp³-hybridized carbons (Fsp3) is 0.500. The molecular weight excluding hydrogens is 690 g/mol. The third-order valence-electron chi connectivity index (χ3n) is 8.98. The molecule has 19 heteroatoms. The molecule has 9 nitrogen and oxygen atoms in total. The maximum absolute atomic E-state index is 15.0. The van der Waals surface area contributed by atoms with Gasteiger partial charge in [-0.3, -0.25) is 4.79 Å². The number of fused-ring (bicyclic) bond motifs is 3. The number of rotatable bonds is 5. The Morgan fingerprint density at radius 2 is 1.49 bits per heavy atom. The number of likely N-dealkylation sites (tertiary alicyclic amines) is 1. The van der Waals surface area contributed by atoms with E-state index in [1.54, 1.807) is 0 Å². The Morgan fingerprint density at radius 3 is 2.04 bits per heavy atom. The van der Waals surface area contributed by atoms with Crippen molar-refractivity contribution in [2.24, 2.45) is 0 Å². The number of halogens is 8. The Bertz CT molecular complexity index is 1800. The first kappa shape index (κ1) is 34.8. The molecule has 2 fully saturated rings. The van der Waals surface area contributed by atoms with E-state index in [2.05, 4.69) is 10.6 Å². The molecule has 258 valence electrons. The van der Waals surface area contributed by atoms with Crippen molar-refractivity contribution in [2.75, 3.05) is 18.1 Å². The van der Waals surface area contributed by atoms with Gasteiger partial charge in [-0.25, -0.2) is 30.4 Å². The minimum Gasteiger partial charge on any atom is -0.350 e. The summed E-state index contributed by atoms with van der Waals surface area (Å²) in [6.07, 6.45) is -13.9. The van der Waals surface area contributed by atoms with Crippen LogP contribution in [0, 0.1) is 5.82 Å². The van der Waals surface area contributed by atoms with Crippen LogP contribution in [-0.4, -0.2) is 82.2 Å². The predicted octanol–water partition coefficient (Wildman–Crippen LogP) is 3.82. The van der Waals surface area contributed by atoms with Gasteiger partial charge in [0.25, 0.3) is 0 Å². The Labute approximate surface area is 263 Å². The third-order valence-corrected chi connectivity index (χ3v) is 13.3. The molecule has 0 bridgehead atoms. The van der Waals surface area contributed by atoms with Crippen molar-refractivity contribution in [1.29, 1.82) is 0 Å². The van der Waals surface area contributed by atoms with Crippen LogP contribution in [0.4, 0.5) is 39.9 Å². The number of urea groups is 1. The van der Waals surface area contributed by atoms with Crippen LogP contribution in [0.25, 0.3) is 0 Å². The average molecular weight is 718 g/mol. The number of aryl methyl sites for hydroxylation is 1. The van der Waals surface area contributed by atoms with E-state index in [4.69, 9.17) is 0 Å². The minimum absolute atomic E-state index is 0.217. The molecule has 0 spiro atoms. The van der Waals surface area contributed by atoms with Gasteiger partial charge in [-0.05, 0) is 54.7 Å². The number of amides is 3. The van der Waals surface area contributed by atoms with Gasteiger partial charge in [0.2, 0.25) is 5.91 Å². The van der Waals surface area contributed by atoms with Gasteiger partial charge in [0.05, 0.1) is 34.5 Å². The van der Waals surface area contributed by atoms with Crippen LogP contribution in [0.5, 0.6) is 0 Å². The standard InChI is InChI=1S/C28H27F8N3O6S2/c1-15(40)37-21-13-46(42,43)14-22(21)38-24(41)39-11-10-25(47(44,45)19-6-4-18(29)5-7-19)20-8-3-17(12-16(20)2-9-23(25)39)26(30,27(31,32)33)28(34,35)36/h3-8,12,21-23H,2,9-11,13-14H2,1H3,(H,37,40)(H,38,41)/t21-,22?,23-,25-/m1/s1. The summed E-state index contributed by atoms with van der Waals surface area (Å²) in [5.74, 6) is -2.41. The molecule has 4 atom stereocenters. The SMILES string of the molecule is CC(=O)N[C@@H]1CS(=O)(=O)CC1NC(=O)N1CC[C@@]2(S(=O)(=O)c3ccc(F)cc3)c3ccc(C(F)(C(F)(F)F)C(F)(F)F)cc3CC[C@@H]12. The van der Waals surface area contributed by atoms with Crippen molar-refractivity contribution < 1.29 is 61.5 Å². The molecule has 0 saturated carbocycles. The summed E-state index contributed by atoms with van der Waals surface area (Å²) >= 11 is 0. The average Bonchev–Trinajstić information content (AvgIpc) is 3.48. The molecule has 0 radical (unpaired) electrons. The molecule has 2 aromatic carbocycles. The topological polar surface area (TPSA) is 130 Å². The van der Waals surface area contributed by atoms with E-state index in [1.165, 1.54) is 0 Å². The number of carbonyl (C=O) groups excluding carboxylic acids is 2. The lowest BCUT2D eigenvalue weighted by Gasteiger charge is -2.43. The third kappa shape index (κ3) is 5.61. The van der Waals surface area contributed by atoms with Crippen molar-refractivity contribution in [2.45, 2.75) is 72.0 Å². The van der Waals surface area contributed by atoms with Crippen LogP contribution < -0.4 is 10.6 Å². The summed E-state index contributed by atoms with van der Waals surface area (Å²) in [6, 6.07) is 0.385. The highest BCUT2D eigenvalue weighted by molar-refractivity contribution is 7.92. The molecular formula is C28H27F8N3O6S2. The molecule has 2 saturated heterocycles. The predicted molar refractivity (Wildman–Crippen MR) is 149 cm³/mol. The largest absolute Gasteiger partial charge is 0.435 e. The molecule has 2 aromatic rings. The Balaban J connectivity index is 1.61. The molecule has 1 aliphatic carbocycles. The summed E-state index contributed by atoms with van der Waals surface area (Å²) in [5, 5.41) is 4.96. The maximum atomic E-state index is 15.0. The van der Waals surface area contributed by atoms with Gasteiger partial charge in [0.15, 0.2) is 19.7 Å². The Kier molecular flexibility index (Phi) is 8.38. The molecule has 3 aliphatic rings. The van der Waals surface area contributed by atoms with Gasteiger partial charge in [-0.1, -0.05) is 18.2 Å². The van der Waals surface area contributed by atoms with Gasteiger partial charge >= 0.3 is 24.1 Å². The van der Waals surface area contributed by atoms with E-state index < -0.39 is 107 Å². The number of nitrogens with one attached hydrogen (secondary N) is 2. The molecule has 2 heterocycles. The first-order valence-electron chi connectivity index (χ1n) is 14.1. The molecule has 2 N–H and O–H groups in total. The quantitative estimate of drug-likeness (QED) is 0.358. The van der Waals surface area contributed by atoms with E-state index in [1.807, 2.05) is 0 Å². The van der Waals surface area contributed by atoms with Crippen LogP contribution in [-0.2, 0) is 41.3 Å². The lowest BCUT2D eigenvalue weighted by atomic mass is 9.77. The number of hydrogen-bond acceptors (Lipinski definition) is 6. The fourth-order valence-corrected chi connectivity index (χ4v) is 11.2. The summed E-state index contributed by atoms with van der Waals surface area (Å²) in [7, 11) is -8.41. The zero-order valence-corrected chi connectivity index (χ0v) is 25.9. The highest BCUT2D eigenvalue weighted by Gasteiger charge is 2.74. The number of hydrogen-bond donors (Lipinski definition) is 2. The molecule has 1 unspecified atom stereocenters. The summed E-state index contributed by atoms with van der Waals surface area (Å²) < 4.78 is 161. The molecule has 47 heavy (non-hydrogen) atoms. The highest BCUT2D eigenvalue weighted by Crippen LogP contribution is 2.56. The van der Waals surface area contributed by atoms with Gasteiger partial charge < -0.3 is 15.5 Å². The number of alkyl halides is 7. The van der Waals surface area contributed by atoms with E-state index in [-0.39, 0.29) is 36.6 Å². The van der Waals surface area contributed by atoms with Crippen molar-refractivity contribution >= 4 is 31.6 Å². The zero-order valence-electron chi connectivity index (χ0n) is 24.3. The van der Waals surface area contributed by atoms with Gasteiger partial charge in [-0.2, -0.15) is 26.3 Å². The van der Waals surface area contributed by atoms with Gasteiger partial charge in [0.1, 0.15) is 10.6 Å². The van der Waals surface area contributed by atoms with Gasteiger partial charge in [0, 0.05) is 19.0 Å². The lowest BCUT2D eigenvalue weighted by Crippen LogP contribution is -2.57. The second-order valence-corrected chi connectivity index (χ2v) is 16.2. The van der Waals surface area contributed by atoms with Crippen molar-refractivity contribution in [3.05, 3.63) is 65.0 Å². The number of carbonyl (C=O) groups is 2. The van der Waals surface area contributed by atoms with E-state index in [0.29, 0.717) is 12.1 Å². The monoisotopic (exact) mass is 717 g/mol.